The summed E-state index contributed by atoms with van der Waals surface area (Å²) >= 11 is 0. The minimum atomic E-state index is -1.72. The van der Waals surface area contributed by atoms with Gasteiger partial charge in [0.1, 0.15) is 24.9 Å². The third-order valence-electron chi connectivity index (χ3n) is 1.12. The molecule has 0 aliphatic rings. The van der Waals surface area contributed by atoms with E-state index in [1.165, 1.54) is 0 Å². The van der Waals surface area contributed by atoms with E-state index in [0.717, 1.165) is 0 Å². The van der Waals surface area contributed by atoms with Crippen LogP contribution in [-0.4, -0.2) is 46.5 Å². The van der Waals surface area contributed by atoms with Gasteiger partial charge >= 0.3 is 0 Å². The first kappa shape index (κ1) is 10.4. The third kappa shape index (κ3) is 3.38. The van der Waals surface area contributed by atoms with Gasteiger partial charge in [0.25, 0.3) is 0 Å². The van der Waals surface area contributed by atoms with Crippen LogP contribution in [0, 0.1) is 0 Å². The van der Waals surface area contributed by atoms with Crippen LogP contribution in [0.5, 0.6) is 0 Å². The highest BCUT2D eigenvalue weighted by Crippen LogP contribution is 1.98. The number of aldehydes is 1. The van der Waals surface area contributed by atoms with Crippen LogP contribution < -0.4 is 0 Å². The van der Waals surface area contributed by atoms with E-state index in [0.29, 0.717) is 0 Å². The van der Waals surface area contributed by atoms with E-state index < -0.39 is 24.9 Å². The Morgan fingerprint density at radius 2 is 2.00 bits per heavy atom. The number of aliphatic hydroxyl groups is 3. The standard InChI is InChI=1S/C5H9FO5/c6-11-2-4(9)5(10)3(8)1-7/h1,3-5,8-10H,2H2/t3-,4+,5-/m0/s1. The van der Waals surface area contributed by atoms with Crippen LogP contribution in [-0.2, 0) is 9.74 Å². The maximum absolute atomic E-state index is 11.0. The zero-order chi connectivity index (χ0) is 8.85. The second kappa shape index (κ2) is 5.14. The predicted molar refractivity (Wildman–Crippen MR) is 31.1 cm³/mol. The monoisotopic (exact) mass is 168 g/mol. The quantitative estimate of drug-likeness (QED) is 0.420. The lowest BCUT2D eigenvalue weighted by Gasteiger charge is -2.16. The number of hydrogen-bond acceptors (Lipinski definition) is 5. The van der Waals surface area contributed by atoms with Crippen LogP contribution in [0.25, 0.3) is 0 Å². The molecule has 6 heteroatoms. The van der Waals surface area contributed by atoms with Crippen LogP contribution in [0.15, 0.2) is 0 Å². The molecule has 0 aromatic carbocycles. The summed E-state index contributed by atoms with van der Waals surface area (Å²) in [5, 5.41) is 26.0. The molecule has 0 fully saturated rings. The highest BCUT2D eigenvalue weighted by Gasteiger charge is 2.24. The second-order valence-electron chi connectivity index (χ2n) is 1.96. The fraction of sp³-hybridized carbons (Fsp3) is 0.800. The lowest BCUT2D eigenvalue weighted by Crippen LogP contribution is -2.40. The van der Waals surface area contributed by atoms with Crippen LogP contribution in [0.1, 0.15) is 0 Å². The number of carbonyl (C=O) groups is 1. The van der Waals surface area contributed by atoms with E-state index in [9.17, 15) is 9.32 Å². The molecule has 66 valence electrons. The smallest absolute Gasteiger partial charge is 0.151 e. The molecule has 0 amide bonds. The Hall–Kier alpha value is -0.560. The molecule has 0 saturated carbocycles. The molecule has 0 aliphatic heterocycles. The average Bonchev–Trinajstić information content (AvgIpc) is 2.02. The summed E-state index contributed by atoms with van der Waals surface area (Å²) in [6, 6.07) is 0. The van der Waals surface area contributed by atoms with E-state index in [4.69, 9.17) is 15.3 Å². The van der Waals surface area contributed by atoms with Crippen molar-refractivity contribution >= 4 is 6.29 Å². The zero-order valence-electron chi connectivity index (χ0n) is 5.55. The SMILES string of the molecule is O=C[C@H](O)[C@H](O)[C@H](O)COF. The topological polar surface area (TPSA) is 87.0 Å². The number of hydrogen-bond donors (Lipinski definition) is 3. The van der Waals surface area contributed by atoms with Crippen LogP contribution in [0.2, 0.25) is 0 Å². The van der Waals surface area contributed by atoms with Crippen molar-refractivity contribution in [1.82, 2.24) is 0 Å². The third-order valence-corrected chi connectivity index (χ3v) is 1.12. The van der Waals surface area contributed by atoms with Gasteiger partial charge in [-0.2, -0.15) is 4.94 Å². The fourth-order valence-electron chi connectivity index (χ4n) is 0.471. The highest BCUT2D eigenvalue weighted by atomic mass is 19.3. The zero-order valence-corrected chi connectivity index (χ0v) is 5.55. The maximum atomic E-state index is 11.0. The van der Waals surface area contributed by atoms with Crippen LogP contribution >= 0.6 is 0 Å². The van der Waals surface area contributed by atoms with Gasteiger partial charge in [-0.25, -0.2) is 0 Å². The Morgan fingerprint density at radius 1 is 1.45 bits per heavy atom. The molecule has 5 nitrogen and oxygen atoms in total. The summed E-state index contributed by atoms with van der Waals surface area (Å²) < 4.78 is 11.0. The largest absolute Gasteiger partial charge is 0.388 e. The molecule has 0 aliphatic carbocycles. The number of aliphatic hydroxyl groups excluding tert-OH is 3. The highest BCUT2D eigenvalue weighted by molar-refractivity contribution is 5.56. The number of rotatable bonds is 5. The molecule has 0 bridgehead atoms. The van der Waals surface area contributed by atoms with Gasteiger partial charge in [-0.15, -0.1) is 0 Å². The summed E-state index contributed by atoms with van der Waals surface area (Å²) in [7, 11) is 0. The van der Waals surface area contributed by atoms with Crippen molar-refractivity contribution in [1.29, 1.82) is 0 Å². The van der Waals surface area contributed by atoms with E-state index in [2.05, 4.69) is 4.94 Å². The average molecular weight is 168 g/mol. The lowest BCUT2D eigenvalue weighted by atomic mass is 10.1. The second-order valence-corrected chi connectivity index (χ2v) is 1.96. The molecular weight excluding hydrogens is 159 g/mol. The van der Waals surface area contributed by atoms with Crippen molar-refractivity contribution < 1.29 is 29.6 Å². The van der Waals surface area contributed by atoms with Gasteiger partial charge in [0, 0.05) is 0 Å². The molecule has 0 spiro atoms. The van der Waals surface area contributed by atoms with Gasteiger partial charge in [0.05, 0.1) is 0 Å². The van der Waals surface area contributed by atoms with Crippen molar-refractivity contribution in [3.05, 3.63) is 0 Å². The van der Waals surface area contributed by atoms with Crippen molar-refractivity contribution in [2.75, 3.05) is 6.61 Å². The van der Waals surface area contributed by atoms with Gasteiger partial charge in [0.15, 0.2) is 6.29 Å². The van der Waals surface area contributed by atoms with Gasteiger partial charge in [0.2, 0.25) is 0 Å². The first-order chi connectivity index (χ1) is 5.13. The number of halogens is 1. The number of carbonyl (C=O) groups excluding carboxylic acids is 1. The maximum Gasteiger partial charge on any atom is 0.151 e. The Morgan fingerprint density at radius 3 is 2.36 bits per heavy atom. The normalized spacial score (nSPS) is 18.9. The molecular formula is C5H9FO5. The molecule has 0 aromatic rings. The molecule has 0 radical (unpaired) electrons. The molecule has 0 saturated heterocycles. The summed E-state index contributed by atoms with van der Waals surface area (Å²) in [6.45, 7) is -0.786. The molecule has 3 atom stereocenters. The van der Waals surface area contributed by atoms with E-state index in [1.807, 2.05) is 0 Å². The molecule has 0 aromatic heterocycles. The Labute approximate surface area is 61.9 Å². The van der Waals surface area contributed by atoms with Crippen molar-refractivity contribution in [3.8, 4) is 0 Å². The Bertz CT molecular complexity index is 119. The molecule has 3 N–H and O–H groups in total. The van der Waals surface area contributed by atoms with E-state index in [1.54, 1.807) is 0 Å². The van der Waals surface area contributed by atoms with E-state index >= 15 is 0 Å². The molecule has 11 heavy (non-hydrogen) atoms. The summed E-state index contributed by atoms with van der Waals surface area (Å²) in [4.78, 5) is 12.8. The van der Waals surface area contributed by atoms with Crippen LogP contribution in [0.3, 0.4) is 0 Å². The minimum absolute atomic E-state index is 0.0338. The lowest BCUT2D eigenvalue weighted by molar-refractivity contribution is -0.180. The van der Waals surface area contributed by atoms with Gasteiger partial charge in [-0.3, -0.25) is 0 Å². The first-order valence-electron chi connectivity index (χ1n) is 2.86. The van der Waals surface area contributed by atoms with Crippen LogP contribution in [0.4, 0.5) is 4.53 Å². The first-order valence-corrected chi connectivity index (χ1v) is 2.86. The minimum Gasteiger partial charge on any atom is -0.388 e. The molecule has 0 heterocycles. The Balaban J connectivity index is 3.79. The Kier molecular flexibility index (Phi) is 4.88. The van der Waals surface area contributed by atoms with Crippen molar-refractivity contribution in [2.45, 2.75) is 18.3 Å². The summed E-state index contributed by atoms with van der Waals surface area (Å²) in [5.41, 5.74) is 0. The molecule has 0 rings (SSSR count). The fourth-order valence-corrected chi connectivity index (χ4v) is 0.471. The predicted octanol–water partition coefficient (Wildman–Crippen LogP) is -1.83. The van der Waals surface area contributed by atoms with Gasteiger partial charge in [-0.05, 0) is 4.53 Å². The molecule has 0 unspecified atom stereocenters. The van der Waals surface area contributed by atoms with Gasteiger partial charge < -0.3 is 20.1 Å². The van der Waals surface area contributed by atoms with E-state index in [-0.39, 0.29) is 6.29 Å². The summed E-state index contributed by atoms with van der Waals surface area (Å²) in [6.07, 6.45) is -5.02. The summed E-state index contributed by atoms with van der Waals surface area (Å²) in [5.74, 6) is 0. The van der Waals surface area contributed by atoms with Crippen molar-refractivity contribution in [2.24, 2.45) is 0 Å². The van der Waals surface area contributed by atoms with Crippen molar-refractivity contribution in [3.63, 3.8) is 0 Å². The van der Waals surface area contributed by atoms with Gasteiger partial charge in [-0.1, -0.05) is 0 Å².